The van der Waals surface area contributed by atoms with Crippen molar-refractivity contribution in [3.63, 3.8) is 0 Å². The topological polar surface area (TPSA) is 26.3 Å². The third-order valence-electron chi connectivity index (χ3n) is 6.12. The fourth-order valence-corrected chi connectivity index (χ4v) is 4.53. The van der Waals surface area contributed by atoms with E-state index in [1.54, 1.807) is 0 Å². The van der Waals surface area contributed by atoms with Gasteiger partial charge in [0.15, 0.2) is 0 Å². The van der Waals surface area contributed by atoms with Crippen LogP contribution in [0.3, 0.4) is 0 Å². The van der Waals surface area contributed by atoms with Crippen molar-refractivity contribution in [3.05, 3.63) is 0 Å². The second kappa shape index (κ2) is 6.63. The Morgan fingerprint density at radius 1 is 1.18 bits per heavy atom. The van der Waals surface area contributed by atoms with E-state index in [-0.39, 0.29) is 16.7 Å². The Bertz CT molecular complexity index is 391. The number of unbranched alkanes of at least 4 members (excludes halogenated alkanes) is 2. The van der Waals surface area contributed by atoms with Crippen molar-refractivity contribution in [2.45, 2.75) is 86.2 Å². The van der Waals surface area contributed by atoms with E-state index in [0.29, 0.717) is 23.7 Å². The van der Waals surface area contributed by atoms with Crippen LogP contribution in [0, 0.1) is 28.6 Å². The number of hydrogen-bond donors (Lipinski definition) is 0. The second-order valence-electron chi connectivity index (χ2n) is 9.43. The SMILES string of the molecule is CCCCCC(=O)C1CC(C(C)(C)C)C2OCC(C)(C)C2C1. The van der Waals surface area contributed by atoms with Gasteiger partial charge < -0.3 is 4.74 Å². The Labute approximate surface area is 137 Å². The highest BCUT2D eigenvalue weighted by Gasteiger charge is 2.53. The van der Waals surface area contributed by atoms with Gasteiger partial charge in [0.1, 0.15) is 5.78 Å². The van der Waals surface area contributed by atoms with Crippen LogP contribution in [0.4, 0.5) is 0 Å². The summed E-state index contributed by atoms with van der Waals surface area (Å²) in [6.45, 7) is 14.6. The van der Waals surface area contributed by atoms with Gasteiger partial charge in [0.05, 0.1) is 12.7 Å². The number of fused-ring (bicyclic) bond motifs is 1. The van der Waals surface area contributed by atoms with Gasteiger partial charge >= 0.3 is 0 Å². The van der Waals surface area contributed by atoms with Gasteiger partial charge in [0.25, 0.3) is 0 Å². The third-order valence-corrected chi connectivity index (χ3v) is 6.12. The van der Waals surface area contributed by atoms with Crippen molar-refractivity contribution in [1.82, 2.24) is 0 Å². The average Bonchev–Trinajstić information content (AvgIpc) is 2.73. The molecule has 0 radical (unpaired) electrons. The Morgan fingerprint density at radius 3 is 2.45 bits per heavy atom. The summed E-state index contributed by atoms with van der Waals surface area (Å²) in [6, 6.07) is 0. The number of Topliss-reactive ketones (excluding diaryl/α,β-unsaturated/α-hetero) is 1. The molecule has 2 fully saturated rings. The van der Waals surface area contributed by atoms with Crippen LogP contribution in [-0.2, 0) is 9.53 Å². The number of carbonyl (C=O) groups is 1. The number of carbonyl (C=O) groups excluding carboxylic acids is 1. The molecule has 2 aliphatic rings. The van der Waals surface area contributed by atoms with Crippen LogP contribution in [0.5, 0.6) is 0 Å². The molecular weight excluding hydrogens is 272 g/mol. The average molecular weight is 309 g/mol. The van der Waals surface area contributed by atoms with Crippen molar-refractivity contribution >= 4 is 5.78 Å². The maximum absolute atomic E-state index is 12.7. The van der Waals surface area contributed by atoms with Gasteiger partial charge in [0.2, 0.25) is 0 Å². The molecule has 1 saturated carbocycles. The lowest BCUT2D eigenvalue weighted by Crippen LogP contribution is -2.46. The summed E-state index contributed by atoms with van der Waals surface area (Å²) in [6.07, 6.45) is 6.67. The van der Waals surface area contributed by atoms with Crippen LogP contribution in [0.1, 0.15) is 80.1 Å². The van der Waals surface area contributed by atoms with Crippen molar-refractivity contribution in [2.75, 3.05) is 6.61 Å². The zero-order valence-corrected chi connectivity index (χ0v) is 15.6. The second-order valence-corrected chi connectivity index (χ2v) is 9.43. The van der Waals surface area contributed by atoms with Crippen LogP contribution in [0.15, 0.2) is 0 Å². The van der Waals surface area contributed by atoms with Crippen LogP contribution >= 0.6 is 0 Å². The summed E-state index contributed by atoms with van der Waals surface area (Å²) >= 11 is 0. The molecule has 0 N–H and O–H groups in total. The lowest BCUT2D eigenvalue weighted by Gasteiger charge is -2.46. The van der Waals surface area contributed by atoms with E-state index in [1.165, 1.54) is 12.8 Å². The van der Waals surface area contributed by atoms with E-state index >= 15 is 0 Å². The normalized spacial score (nSPS) is 34.5. The largest absolute Gasteiger partial charge is 0.377 e. The van der Waals surface area contributed by atoms with Gasteiger partial charge in [-0.2, -0.15) is 0 Å². The molecule has 22 heavy (non-hydrogen) atoms. The Hall–Kier alpha value is -0.370. The minimum atomic E-state index is 0.214. The number of rotatable bonds is 5. The number of ether oxygens (including phenoxy) is 1. The van der Waals surface area contributed by atoms with E-state index in [2.05, 4.69) is 41.5 Å². The molecular formula is C20H36O2. The third kappa shape index (κ3) is 3.75. The number of hydrogen-bond acceptors (Lipinski definition) is 2. The molecule has 2 nitrogen and oxygen atoms in total. The molecule has 128 valence electrons. The van der Waals surface area contributed by atoms with Gasteiger partial charge in [-0.1, -0.05) is 54.4 Å². The summed E-state index contributed by atoms with van der Waals surface area (Å²) in [4.78, 5) is 12.7. The molecule has 2 heteroatoms. The highest BCUT2D eigenvalue weighted by molar-refractivity contribution is 5.81. The molecule has 4 atom stereocenters. The molecule has 0 aromatic rings. The smallest absolute Gasteiger partial charge is 0.136 e. The molecule has 0 aromatic carbocycles. The fourth-order valence-electron chi connectivity index (χ4n) is 4.53. The minimum absolute atomic E-state index is 0.214. The van der Waals surface area contributed by atoms with Gasteiger partial charge in [-0.05, 0) is 41.9 Å². The molecule has 0 aromatic heterocycles. The maximum atomic E-state index is 12.7. The lowest BCUT2D eigenvalue weighted by molar-refractivity contribution is -0.128. The molecule has 0 spiro atoms. The van der Waals surface area contributed by atoms with E-state index in [1.807, 2.05) is 0 Å². The molecule has 1 aliphatic heterocycles. The van der Waals surface area contributed by atoms with Gasteiger partial charge in [-0.15, -0.1) is 0 Å². The van der Waals surface area contributed by atoms with Gasteiger partial charge in [-0.3, -0.25) is 4.79 Å². The van der Waals surface area contributed by atoms with Crippen molar-refractivity contribution < 1.29 is 9.53 Å². The predicted octanol–water partition coefficient (Wildman–Crippen LogP) is 5.25. The van der Waals surface area contributed by atoms with Crippen molar-refractivity contribution in [3.8, 4) is 0 Å². The van der Waals surface area contributed by atoms with Crippen molar-refractivity contribution in [1.29, 1.82) is 0 Å². The quantitative estimate of drug-likeness (QED) is 0.648. The molecule has 4 unspecified atom stereocenters. The van der Waals surface area contributed by atoms with Crippen molar-refractivity contribution in [2.24, 2.45) is 28.6 Å². The van der Waals surface area contributed by atoms with E-state index in [4.69, 9.17) is 4.74 Å². The molecule has 2 rings (SSSR count). The summed E-state index contributed by atoms with van der Waals surface area (Å²) in [5.74, 6) is 1.84. The lowest BCUT2D eigenvalue weighted by atomic mass is 9.59. The molecule has 1 saturated heterocycles. The summed E-state index contributed by atoms with van der Waals surface area (Å²) in [5.41, 5.74) is 0.433. The first-order valence-electron chi connectivity index (χ1n) is 9.31. The standard InChI is InChI=1S/C20H36O2/c1-7-8-9-10-17(21)14-11-15(19(2,3)4)18-16(12-14)20(5,6)13-22-18/h14-16,18H,7-13H2,1-6H3. The first kappa shape index (κ1) is 18.0. The maximum Gasteiger partial charge on any atom is 0.136 e. The molecule has 1 heterocycles. The highest BCUT2D eigenvalue weighted by Crippen LogP contribution is 2.53. The Kier molecular flexibility index (Phi) is 5.42. The first-order valence-corrected chi connectivity index (χ1v) is 9.31. The van der Waals surface area contributed by atoms with Crippen LogP contribution < -0.4 is 0 Å². The Morgan fingerprint density at radius 2 is 1.86 bits per heavy atom. The fraction of sp³-hybridized carbons (Fsp3) is 0.950. The van der Waals surface area contributed by atoms with E-state index in [9.17, 15) is 4.79 Å². The molecule has 0 amide bonds. The highest BCUT2D eigenvalue weighted by atomic mass is 16.5. The summed E-state index contributed by atoms with van der Waals surface area (Å²) in [5, 5.41) is 0. The Balaban J connectivity index is 2.12. The predicted molar refractivity (Wildman–Crippen MR) is 91.8 cm³/mol. The van der Waals surface area contributed by atoms with Crippen LogP contribution in [-0.4, -0.2) is 18.5 Å². The van der Waals surface area contributed by atoms with E-state index in [0.717, 1.165) is 32.3 Å². The van der Waals surface area contributed by atoms with Crippen LogP contribution in [0.25, 0.3) is 0 Å². The van der Waals surface area contributed by atoms with Gasteiger partial charge in [-0.25, -0.2) is 0 Å². The number of ketones is 1. The zero-order valence-electron chi connectivity index (χ0n) is 15.6. The van der Waals surface area contributed by atoms with Gasteiger partial charge in [0, 0.05) is 12.3 Å². The summed E-state index contributed by atoms with van der Waals surface area (Å²) in [7, 11) is 0. The molecule has 0 bridgehead atoms. The van der Waals surface area contributed by atoms with E-state index < -0.39 is 0 Å². The first-order chi connectivity index (χ1) is 10.2. The minimum Gasteiger partial charge on any atom is -0.377 e. The monoisotopic (exact) mass is 308 g/mol. The zero-order chi connectivity index (χ0) is 16.5. The molecule has 1 aliphatic carbocycles. The summed E-state index contributed by atoms with van der Waals surface area (Å²) < 4.78 is 6.23. The van der Waals surface area contributed by atoms with Crippen LogP contribution in [0.2, 0.25) is 0 Å².